The number of aryl methyl sites for hydroxylation is 1. The molecular weight excluding hydrogens is 418 g/mol. The summed E-state index contributed by atoms with van der Waals surface area (Å²) in [6.45, 7) is 8.22. The van der Waals surface area contributed by atoms with Crippen molar-refractivity contribution in [2.24, 2.45) is 5.92 Å². The molecule has 0 spiro atoms. The van der Waals surface area contributed by atoms with Crippen molar-refractivity contribution in [3.8, 4) is 11.4 Å². The summed E-state index contributed by atoms with van der Waals surface area (Å²) in [7, 11) is 0. The molecule has 1 saturated heterocycles. The number of hydrogen-bond donors (Lipinski definition) is 2. The quantitative estimate of drug-likeness (QED) is 0.523. The van der Waals surface area contributed by atoms with E-state index in [-0.39, 0.29) is 12.5 Å². The number of benzene rings is 2. The first-order chi connectivity index (χ1) is 15.5. The monoisotopic (exact) mass is 449 g/mol. The summed E-state index contributed by atoms with van der Waals surface area (Å²) < 4.78 is 2.19. The third-order valence-corrected chi connectivity index (χ3v) is 6.55. The van der Waals surface area contributed by atoms with Crippen LogP contribution in [0.5, 0.6) is 0 Å². The summed E-state index contributed by atoms with van der Waals surface area (Å²) in [5.41, 5.74) is 4.54. The lowest BCUT2D eigenvalue weighted by Gasteiger charge is -2.30. The van der Waals surface area contributed by atoms with E-state index in [1.807, 2.05) is 37.3 Å². The van der Waals surface area contributed by atoms with Crippen molar-refractivity contribution in [1.82, 2.24) is 25.0 Å². The van der Waals surface area contributed by atoms with E-state index < -0.39 is 0 Å². The number of carbonyl (C=O) groups is 1. The second-order valence-corrected chi connectivity index (χ2v) is 9.20. The van der Waals surface area contributed by atoms with Crippen molar-refractivity contribution in [3.05, 3.63) is 70.0 Å². The summed E-state index contributed by atoms with van der Waals surface area (Å²) >= 11 is 5.37. The highest BCUT2D eigenvalue weighted by Gasteiger charge is 2.17. The largest absolute Gasteiger partial charge is 0.350 e. The van der Waals surface area contributed by atoms with Crippen molar-refractivity contribution in [3.63, 3.8) is 0 Å². The minimum absolute atomic E-state index is 0.0857. The van der Waals surface area contributed by atoms with Crippen molar-refractivity contribution in [2.45, 2.75) is 46.3 Å². The van der Waals surface area contributed by atoms with Gasteiger partial charge in [-0.25, -0.2) is 0 Å². The van der Waals surface area contributed by atoms with Crippen LogP contribution in [0.4, 0.5) is 0 Å². The highest BCUT2D eigenvalue weighted by atomic mass is 32.1. The smallest absolute Gasteiger partial charge is 0.240 e. The van der Waals surface area contributed by atoms with E-state index in [9.17, 15) is 4.79 Å². The predicted octanol–water partition coefficient (Wildman–Crippen LogP) is 4.46. The summed E-state index contributed by atoms with van der Waals surface area (Å²) in [4.78, 5) is 15.3. The van der Waals surface area contributed by atoms with Crippen LogP contribution in [0.25, 0.3) is 11.4 Å². The Morgan fingerprint density at radius 1 is 1.12 bits per heavy atom. The van der Waals surface area contributed by atoms with Gasteiger partial charge in [0, 0.05) is 18.7 Å². The molecule has 0 bridgehead atoms. The molecule has 168 valence electrons. The molecule has 2 aromatic carbocycles. The van der Waals surface area contributed by atoms with E-state index in [4.69, 9.17) is 12.2 Å². The van der Waals surface area contributed by atoms with Crippen LogP contribution >= 0.6 is 12.2 Å². The van der Waals surface area contributed by atoms with Gasteiger partial charge < -0.3 is 5.32 Å². The maximum atomic E-state index is 12.8. The van der Waals surface area contributed by atoms with Gasteiger partial charge in [-0.2, -0.15) is 5.10 Å². The fourth-order valence-electron chi connectivity index (χ4n) is 4.13. The molecule has 32 heavy (non-hydrogen) atoms. The molecule has 3 aromatic rings. The van der Waals surface area contributed by atoms with Crippen LogP contribution in [0.15, 0.2) is 48.5 Å². The molecule has 7 heteroatoms. The zero-order valence-corrected chi connectivity index (χ0v) is 19.6. The predicted molar refractivity (Wildman–Crippen MR) is 130 cm³/mol. The van der Waals surface area contributed by atoms with Gasteiger partial charge in [0.25, 0.3) is 0 Å². The van der Waals surface area contributed by atoms with Crippen molar-refractivity contribution in [2.75, 3.05) is 13.1 Å². The Kier molecular flexibility index (Phi) is 7.17. The Morgan fingerprint density at radius 2 is 1.81 bits per heavy atom. The Bertz CT molecular complexity index is 1110. The molecule has 1 fully saturated rings. The number of rotatable bonds is 7. The van der Waals surface area contributed by atoms with Crippen LogP contribution in [-0.2, 0) is 24.4 Å². The van der Waals surface area contributed by atoms with Gasteiger partial charge in [0.05, 0.1) is 0 Å². The average Bonchev–Trinajstić information content (AvgIpc) is 3.15. The molecular formula is C25H31N5OS. The molecule has 4 rings (SSSR count). The molecule has 0 aliphatic carbocycles. The second kappa shape index (κ2) is 10.2. The van der Waals surface area contributed by atoms with Crippen LogP contribution in [-0.4, -0.2) is 38.7 Å². The standard InChI is InChI=1S/C25H31N5OS/c1-18-7-9-20(10-8-18)24-27-28-25(32)30(24)17-23(31)26-15-21-5-3-4-6-22(21)16-29-13-11-19(2)12-14-29/h3-10,19H,11-17H2,1-2H3,(H,26,31)(H,28,32). The van der Waals surface area contributed by atoms with Crippen LogP contribution in [0, 0.1) is 17.6 Å². The van der Waals surface area contributed by atoms with Gasteiger partial charge in [-0.1, -0.05) is 61.0 Å². The van der Waals surface area contributed by atoms with Crippen LogP contribution in [0.1, 0.15) is 36.5 Å². The molecule has 0 saturated carbocycles. The Labute approximate surface area is 194 Å². The number of aromatic amines is 1. The van der Waals surface area contributed by atoms with Gasteiger partial charge in [0.15, 0.2) is 10.6 Å². The maximum absolute atomic E-state index is 12.8. The van der Waals surface area contributed by atoms with E-state index in [2.05, 4.69) is 45.5 Å². The summed E-state index contributed by atoms with van der Waals surface area (Å²) in [5.74, 6) is 1.41. The first-order valence-electron chi connectivity index (χ1n) is 11.3. The number of likely N-dealkylation sites (tertiary alicyclic amines) is 1. The molecule has 1 aliphatic heterocycles. The minimum Gasteiger partial charge on any atom is -0.350 e. The number of H-pyrrole nitrogens is 1. The molecule has 1 aliphatic rings. The Hall–Kier alpha value is -2.77. The fraction of sp³-hybridized carbons (Fsp3) is 0.400. The first kappa shape index (κ1) is 22.4. The molecule has 0 atom stereocenters. The normalized spacial score (nSPS) is 15.1. The average molecular weight is 450 g/mol. The molecule has 1 aromatic heterocycles. The number of aromatic nitrogens is 3. The van der Waals surface area contributed by atoms with Crippen molar-refractivity contribution >= 4 is 18.1 Å². The van der Waals surface area contributed by atoms with E-state index in [0.29, 0.717) is 17.1 Å². The van der Waals surface area contributed by atoms with Gasteiger partial charge in [-0.05, 0) is 62.1 Å². The van der Waals surface area contributed by atoms with E-state index >= 15 is 0 Å². The van der Waals surface area contributed by atoms with Gasteiger partial charge in [0.2, 0.25) is 5.91 Å². The van der Waals surface area contributed by atoms with E-state index in [1.54, 1.807) is 4.57 Å². The Balaban J connectivity index is 1.40. The zero-order valence-electron chi connectivity index (χ0n) is 18.8. The SMILES string of the molecule is Cc1ccc(-c2n[nH]c(=S)n2CC(=O)NCc2ccccc2CN2CCC(C)CC2)cc1. The third kappa shape index (κ3) is 5.53. The fourth-order valence-corrected chi connectivity index (χ4v) is 4.32. The molecule has 2 heterocycles. The topological polar surface area (TPSA) is 66.0 Å². The minimum atomic E-state index is -0.0857. The van der Waals surface area contributed by atoms with Crippen LogP contribution in [0.3, 0.4) is 0 Å². The third-order valence-electron chi connectivity index (χ3n) is 6.23. The maximum Gasteiger partial charge on any atom is 0.240 e. The van der Waals surface area contributed by atoms with Gasteiger partial charge in [-0.3, -0.25) is 19.4 Å². The van der Waals surface area contributed by atoms with Crippen LogP contribution in [0.2, 0.25) is 0 Å². The lowest BCUT2D eigenvalue weighted by molar-refractivity contribution is -0.121. The summed E-state index contributed by atoms with van der Waals surface area (Å²) in [6, 6.07) is 16.4. The van der Waals surface area contributed by atoms with E-state index in [0.717, 1.165) is 36.7 Å². The number of hydrogen-bond acceptors (Lipinski definition) is 4. The molecule has 1 amide bonds. The number of piperidine rings is 1. The van der Waals surface area contributed by atoms with Gasteiger partial charge >= 0.3 is 0 Å². The van der Waals surface area contributed by atoms with E-state index in [1.165, 1.54) is 24.0 Å². The van der Waals surface area contributed by atoms with Crippen molar-refractivity contribution in [1.29, 1.82) is 0 Å². The van der Waals surface area contributed by atoms with Crippen molar-refractivity contribution < 1.29 is 4.79 Å². The molecule has 0 radical (unpaired) electrons. The molecule has 2 N–H and O–H groups in total. The first-order valence-corrected chi connectivity index (χ1v) is 11.7. The van der Waals surface area contributed by atoms with Crippen LogP contribution < -0.4 is 5.32 Å². The van der Waals surface area contributed by atoms with Gasteiger partial charge in [0.1, 0.15) is 6.54 Å². The summed E-state index contributed by atoms with van der Waals surface area (Å²) in [5, 5.41) is 10.2. The van der Waals surface area contributed by atoms with Gasteiger partial charge in [-0.15, -0.1) is 0 Å². The molecule has 0 unspecified atom stereocenters. The number of nitrogens with zero attached hydrogens (tertiary/aromatic N) is 3. The highest BCUT2D eigenvalue weighted by Crippen LogP contribution is 2.20. The lowest BCUT2D eigenvalue weighted by atomic mass is 9.98. The molecule has 6 nitrogen and oxygen atoms in total. The lowest BCUT2D eigenvalue weighted by Crippen LogP contribution is -2.33. The summed E-state index contributed by atoms with van der Waals surface area (Å²) in [6.07, 6.45) is 2.51. The zero-order chi connectivity index (χ0) is 22.5. The number of amides is 1. The second-order valence-electron chi connectivity index (χ2n) is 8.81. The Morgan fingerprint density at radius 3 is 2.53 bits per heavy atom. The highest BCUT2D eigenvalue weighted by molar-refractivity contribution is 7.71. The number of carbonyl (C=O) groups excluding carboxylic acids is 1. The number of nitrogens with one attached hydrogen (secondary N) is 2.